The number of nitrogen functional groups attached to an aromatic ring is 1. The molecule has 2 aromatic carbocycles. The molecule has 8 heteroatoms. The molecule has 3 rings (SSSR count). The first kappa shape index (κ1) is 17.0. The fraction of sp³-hybridized carbons (Fsp3) is 0.118. The Morgan fingerprint density at radius 3 is 2.60 bits per heavy atom. The normalized spacial score (nSPS) is 10.8. The summed E-state index contributed by atoms with van der Waals surface area (Å²) in [5.41, 5.74) is 1.81. The van der Waals surface area contributed by atoms with Crippen molar-refractivity contribution in [3.63, 3.8) is 0 Å². The van der Waals surface area contributed by atoms with Gasteiger partial charge in [0.25, 0.3) is 0 Å². The molecule has 3 N–H and O–H groups in total. The number of aromatic nitrogens is 3. The van der Waals surface area contributed by atoms with Crippen LogP contribution in [0, 0.1) is 5.82 Å². The molecular formula is C17H15FN4O2S. The number of carboxylic acid groups (broad SMARTS) is 1. The second-order valence-corrected chi connectivity index (χ2v) is 6.27. The van der Waals surface area contributed by atoms with Crippen molar-refractivity contribution in [3.8, 4) is 0 Å². The van der Waals surface area contributed by atoms with Crippen LogP contribution in [0.5, 0.6) is 0 Å². The number of carbonyl (C=O) groups is 1. The van der Waals surface area contributed by atoms with Gasteiger partial charge in [0, 0.05) is 12.2 Å². The van der Waals surface area contributed by atoms with Gasteiger partial charge in [-0.05, 0) is 29.3 Å². The van der Waals surface area contributed by atoms with E-state index in [-0.39, 0.29) is 11.4 Å². The molecule has 0 bridgehead atoms. The van der Waals surface area contributed by atoms with E-state index in [1.165, 1.54) is 28.6 Å². The molecule has 0 unspecified atom stereocenters. The Hall–Kier alpha value is -2.87. The quantitative estimate of drug-likeness (QED) is 0.520. The van der Waals surface area contributed by atoms with Crippen LogP contribution in [0.3, 0.4) is 0 Å². The molecular weight excluding hydrogens is 343 g/mol. The highest BCUT2D eigenvalue weighted by Gasteiger charge is 2.14. The van der Waals surface area contributed by atoms with Gasteiger partial charge in [-0.15, -0.1) is 10.2 Å². The molecule has 0 aliphatic carbocycles. The van der Waals surface area contributed by atoms with Gasteiger partial charge in [0.15, 0.2) is 5.82 Å². The van der Waals surface area contributed by atoms with Crippen LogP contribution in [-0.2, 0) is 12.2 Å². The van der Waals surface area contributed by atoms with Crippen LogP contribution < -0.4 is 5.84 Å². The standard InChI is InChI=1S/C17H15FN4O2S/c18-13-7-5-11(6-8-13)9-15-20-21-17(22(15)19)25-10-12-3-1-2-4-14(12)16(23)24/h1-8H,9-10,19H2,(H,23,24). The summed E-state index contributed by atoms with van der Waals surface area (Å²) >= 11 is 1.31. The summed E-state index contributed by atoms with van der Waals surface area (Å²) in [6, 6.07) is 12.9. The lowest BCUT2D eigenvalue weighted by molar-refractivity contribution is 0.0696. The van der Waals surface area contributed by atoms with E-state index in [9.17, 15) is 14.3 Å². The third-order valence-corrected chi connectivity index (χ3v) is 4.61. The first-order chi connectivity index (χ1) is 12.0. The second kappa shape index (κ2) is 7.35. The Labute approximate surface area is 147 Å². The maximum atomic E-state index is 13.0. The number of carboxylic acids is 1. The van der Waals surface area contributed by atoms with E-state index >= 15 is 0 Å². The predicted molar refractivity (Wildman–Crippen MR) is 92.3 cm³/mol. The fourth-order valence-electron chi connectivity index (χ4n) is 2.31. The molecule has 1 aromatic heterocycles. The lowest BCUT2D eigenvalue weighted by Gasteiger charge is -2.06. The Morgan fingerprint density at radius 1 is 1.16 bits per heavy atom. The molecule has 25 heavy (non-hydrogen) atoms. The number of nitrogens with zero attached hydrogens (tertiary/aromatic N) is 3. The Morgan fingerprint density at radius 2 is 1.88 bits per heavy atom. The predicted octanol–water partition coefficient (Wildman–Crippen LogP) is 2.71. The minimum Gasteiger partial charge on any atom is -0.478 e. The lowest BCUT2D eigenvalue weighted by Crippen LogP contribution is -2.14. The molecule has 0 aliphatic heterocycles. The molecule has 0 fully saturated rings. The second-order valence-electron chi connectivity index (χ2n) is 5.32. The van der Waals surface area contributed by atoms with Gasteiger partial charge < -0.3 is 10.9 Å². The van der Waals surface area contributed by atoms with E-state index in [0.717, 1.165) is 5.56 Å². The maximum absolute atomic E-state index is 13.0. The Kier molecular flexibility index (Phi) is 4.99. The number of aromatic carboxylic acids is 1. The zero-order valence-corrected chi connectivity index (χ0v) is 13.9. The van der Waals surface area contributed by atoms with Gasteiger partial charge in [-0.2, -0.15) is 0 Å². The summed E-state index contributed by atoms with van der Waals surface area (Å²) in [6.45, 7) is 0. The third kappa shape index (κ3) is 3.97. The van der Waals surface area contributed by atoms with Crippen LogP contribution in [0.4, 0.5) is 4.39 Å². The molecule has 1 heterocycles. The SMILES string of the molecule is Nn1c(Cc2ccc(F)cc2)nnc1SCc1ccccc1C(=O)O. The van der Waals surface area contributed by atoms with Gasteiger partial charge in [0.05, 0.1) is 5.56 Å². The number of thioether (sulfide) groups is 1. The molecule has 0 aliphatic rings. The monoisotopic (exact) mass is 358 g/mol. The molecule has 6 nitrogen and oxygen atoms in total. The van der Waals surface area contributed by atoms with Crippen LogP contribution in [0.25, 0.3) is 0 Å². The van der Waals surface area contributed by atoms with Crippen LogP contribution in [-0.4, -0.2) is 25.9 Å². The molecule has 0 amide bonds. The summed E-state index contributed by atoms with van der Waals surface area (Å²) in [6.07, 6.45) is 0.427. The minimum atomic E-state index is -0.970. The smallest absolute Gasteiger partial charge is 0.335 e. The van der Waals surface area contributed by atoms with Crippen molar-refractivity contribution in [2.75, 3.05) is 5.84 Å². The molecule has 128 valence electrons. The summed E-state index contributed by atoms with van der Waals surface area (Å²) in [4.78, 5) is 11.2. The topological polar surface area (TPSA) is 94.0 Å². The molecule has 0 saturated heterocycles. The first-order valence-electron chi connectivity index (χ1n) is 7.42. The molecule has 3 aromatic rings. The van der Waals surface area contributed by atoms with E-state index in [1.807, 2.05) is 0 Å². The number of hydrogen-bond acceptors (Lipinski definition) is 5. The van der Waals surface area contributed by atoms with Gasteiger partial charge in [-0.25, -0.2) is 13.9 Å². The summed E-state index contributed by atoms with van der Waals surface area (Å²) in [5, 5.41) is 17.8. The number of nitrogens with two attached hydrogens (primary N) is 1. The van der Waals surface area contributed by atoms with Crippen LogP contribution in [0.1, 0.15) is 27.3 Å². The van der Waals surface area contributed by atoms with Crippen molar-refractivity contribution in [2.45, 2.75) is 17.3 Å². The van der Waals surface area contributed by atoms with E-state index in [4.69, 9.17) is 5.84 Å². The van der Waals surface area contributed by atoms with Gasteiger partial charge >= 0.3 is 5.97 Å². The molecule has 0 radical (unpaired) electrons. The van der Waals surface area contributed by atoms with Crippen molar-refractivity contribution in [3.05, 3.63) is 76.9 Å². The Bertz CT molecular complexity index is 896. The lowest BCUT2D eigenvalue weighted by atomic mass is 10.1. The van der Waals surface area contributed by atoms with E-state index in [1.54, 1.807) is 36.4 Å². The van der Waals surface area contributed by atoms with Crippen molar-refractivity contribution >= 4 is 17.7 Å². The number of benzene rings is 2. The third-order valence-electron chi connectivity index (χ3n) is 3.62. The molecule has 0 atom stereocenters. The van der Waals surface area contributed by atoms with E-state index in [0.29, 0.717) is 28.7 Å². The van der Waals surface area contributed by atoms with E-state index in [2.05, 4.69) is 10.2 Å². The van der Waals surface area contributed by atoms with Gasteiger partial charge in [0.1, 0.15) is 5.82 Å². The highest BCUT2D eigenvalue weighted by molar-refractivity contribution is 7.98. The van der Waals surface area contributed by atoms with E-state index < -0.39 is 5.97 Å². The van der Waals surface area contributed by atoms with Gasteiger partial charge in [-0.3, -0.25) is 0 Å². The number of halogens is 1. The summed E-state index contributed by atoms with van der Waals surface area (Å²) in [7, 11) is 0. The summed E-state index contributed by atoms with van der Waals surface area (Å²) < 4.78 is 14.3. The average Bonchev–Trinajstić information content (AvgIpc) is 2.95. The maximum Gasteiger partial charge on any atom is 0.335 e. The minimum absolute atomic E-state index is 0.254. The first-order valence-corrected chi connectivity index (χ1v) is 8.41. The van der Waals surface area contributed by atoms with Gasteiger partial charge in [-0.1, -0.05) is 42.1 Å². The van der Waals surface area contributed by atoms with Crippen molar-refractivity contribution in [1.82, 2.24) is 14.9 Å². The highest BCUT2D eigenvalue weighted by atomic mass is 32.2. The van der Waals surface area contributed by atoms with Crippen molar-refractivity contribution in [1.29, 1.82) is 0 Å². The van der Waals surface area contributed by atoms with Gasteiger partial charge in [0.2, 0.25) is 5.16 Å². The Balaban J connectivity index is 1.71. The number of hydrogen-bond donors (Lipinski definition) is 2. The fourth-order valence-corrected chi connectivity index (χ4v) is 3.19. The molecule has 0 spiro atoms. The van der Waals surface area contributed by atoms with Crippen molar-refractivity contribution in [2.24, 2.45) is 0 Å². The average molecular weight is 358 g/mol. The molecule has 0 saturated carbocycles. The van der Waals surface area contributed by atoms with Crippen LogP contribution >= 0.6 is 11.8 Å². The number of rotatable bonds is 6. The van der Waals surface area contributed by atoms with Crippen LogP contribution in [0.2, 0.25) is 0 Å². The largest absolute Gasteiger partial charge is 0.478 e. The zero-order chi connectivity index (χ0) is 17.8. The zero-order valence-electron chi connectivity index (χ0n) is 13.1. The summed E-state index contributed by atoms with van der Waals surface area (Å²) in [5.74, 6) is 5.71. The van der Waals surface area contributed by atoms with Crippen LogP contribution in [0.15, 0.2) is 53.7 Å². The van der Waals surface area contributed by atoms with Crippen molar-refractivity contribution < 1.29 is 14.3 Å². The highest BCUT2D eigenvalue weighted by Crippen LogP contribution is 2.23.